The van der Waals surface area contributed by atoms with Gasteiger partial charge in [-0.1, -0.05) is 23.7 Å². The van der Waals surface area contributed by atoms with Crippen molar-refractivity contribution in [3.05, 3.63) is 59.1 Å². The number of hydrogen-bond donors (Lipinski definition) is 1. The van der Waals surface area contributed by atoms with Crippen molar-refractivity contribution in [1.82, 2.24) is 24.5 Å². The molecular weight excluding hydrogens is 342 g/mol. The number of anilines is 1. The van der Waals surface area contributed by atoms with E-state index in [-0.39, 0.29) is 11.6 Å². The summed E-state index contributed by atoms with van der Waals surface area (Å²) in [7, 11) is 0. The van der Waals surface area contributed by atoms with Crippen molar-refractivity contribution >= 4 is 23.5 Å². The molecule has 1 amide bonds. The molecule has 0 aliphatic heterocycles. The summed E-state index contributed by atoms with van der Waals surface area (Å²) in [6, 6.07) is 8.40. The van der Waals surface area contributed by atoms with Gasteiger partial charge in [-0.2, -0.15) is 18.6 Å². The van der Waals surface area contributed by atoms with Crippen LogP contribution in [0.4, 0.5) is 14.7 Å². The van der Waals surface area contributed by atoms with E-state index in [2.05, 4.69) is 20.5 Å². The highest BCUT2D eigenvalue weighted by Crippen LogP contribution is 2.14. The number of halogens is 3. The lowest BCUT2D eigenvalue weighted by Crippen LogP contribution is -2.19. The first-order valence-electron chi connectivity index (χ1n) is 6.80. The number of nitrogens with one attached hydrogen (secondary N) is 1. The second-order valence-corrected chi connectivity index (χ2v) is 5.22. The van der Waals surface area contributed by atoms with Crippen LogP contribution in [0.3, 0.4) is 0 Å². The SMILES string of the molecule is O=C(Nc1ncn(Cc2cccc(Cl)c2)n1)c1ccnn1C(F)F. The van der Waals surface area contributed by atoms with Crippen LogP contribution in [-0.2, 0) is 6.54 Å². The molecule has 2 aromatic heterocycles. The Hall–Kier alpha value is -2.81. The van der Waals surface area contributed by atoms with E-state index in [1.54, 1.807) is 12.1 Å². The minimum absolute atomic E-state index is 0.00374. The highest BCUT2D eigenvalue weighted by atomic mass is 35.5. The minimum atomic E-state index is -2.91. The topological polar surface area (TPSA) is 77.6 Å². The highest BCUT2D eigenvalue weighted by molar-refractivity contribution is 6.30. The Kier molecular flexibility index (Phi) is 4.52. The summed E-state index contributed by atoms with van der Waals surface area (Å²) in [6.45, 7) is -2.51. The Bertz CT molecular complexity index is 862. The lowest BCUT2D eigenvalue weighted by molar-refractivity contribution is 0.0520. The summed E-state index contributed by atoms with van der Waals surface area (Å²) in [6.07, 6.45) is 2.53. The number of alkyl halides is 2. The number of benzene rings is 1. The fourth-order valence-corrected chi connectivity index (χ4v) is 2.28. The van der Waals surface area contributed by atoms with Gasteiger partial charge < -0.3 is 0 Å². The average Bonchev–Trinajstić information content (AvgIpc) is 3.16. The van der Waals surface area contributed by atoms with Gasteiger partial charge in [0.05, 0.1) is 6.54 Å². The maximum atomic E-state index is 12.7. The molecule has 3 rings (SSSR count). The fourth-order valence-electron chi connectivity index (χ4n) is 2.07. The van der Waals surface area contributed by atoms with Crippen molar-refractivity contribution in [2.75, 3.05) is 5.32 Å². The summed E-state index contributed by atoms with van der Waals surface area (Å²) in [5.74, 6) is -0.766. The van der Waals surface area contributed by atoms with Crippen LogP contribution in [0.2, 0.25) is 5.02 Å². The summed E-state index contributed by atoms with van der Waals surface area (Å²) in [4.78, 5) is 15.9. The minimum Gasteiger partial charge on any atom is -0.288 e. The molecule has 1 N–H and O–H groups in total. The summed E-state index contributed by atoms with van der Waals surface area (Å²) >= 11 is 5.91. The predicted octanol–water partition coefficient (Wildman–Crippen LogP) is 2.82. The van der Waals surface area contributed by atoms with Crippen molar-refractivity contribution in [2.45, 2.75) is 13.1 Å². The Morgan fingerprint density at radius 3 is 2.92 bits per heavy atom. The van der Waals surface area contributed by atoms with Crippen LogP contribution in [0.5, 0.6) is 0 Å². The van der Waals surface area contributed by atoms with E-state index in [0.717, 1.165) is 11.8 Å². The lowest BCUT2D eigenvalue weighted by Gasteiger charge is -2.05. The van der Waals surface area contributed by atoms with Gasteiger partial charge in [0, 0.05) is 11.2 Å². The van der Waals surface area contributed by atoms with Crippen LogP contribution in [0.15, 0.2) is 42.9 Å². The Morgan fingerprint density at radius 2 is 2.17 bits per heavy atom. The fraction of sp³-hybridized carbons (Fsp3) is 0.143. The first kappa shape index (κ1) is 16.1. The molecule has 0 spiro atoms. The van der Waals surface area contributed by atoms with Crippen LogP contribution in [-0.4, -0.2) is 30.5 Å². The molecule has 0 unspecified atom stereocenters. The number of amides is 1. The van der Waals surface area contributed by atoms with Crippen LogP contribution in [0, 0.1) is 0 Å². The second kappa shape index (κ2) is 6.75. The average molecular weight is 353 g/mol. The largest absolute Gasteiger partial charge is 0.333 e. The second-order valence-electron chi connectivity index (χ2n) is 4.79. The molecule has 0 aliphatic carbocycles. The first-order valence-corrected chi connectivity index (χ1v) is 7.17. The number of hydrogen-bond acceptors (Lipinski definition) is 4. The van der Waals surface area contributed by atoms with Crippen LogP contribution < -0.4 is 5.32 Å². The van der Waals surface area contributed by atoms with E-state index in [1.807, 2.05) is 12.1 Å². The predicted molar refractivity (Wildman–Crippen MR) is 82.0 cm³/mol. The summed E-state index contributed by atoms with van der Waals surface area (Å²) in [5, 5.41) is 10.4. The molecule has 0 fully saturated rings. The summed E-state index contributed by atoms with van der Waals surface area (Å²) < 4.78 is 27.2. The number of carbonyl (C=O) groups is 1. The third-order valence-corrected chi connectivity index (χ3v) is 3.32. The molecule has 0 atom stereocenters. The van der Waals surface area contributed by atoms with Gasteiger partial charge in [-0.3, -0.25) is 10.1 Å². The molecule has 1 aromatic carbocycles. The normalized spacial score (nSPS) is 11.0. The Morgan fingerprint density at radius 1 is 1.33 bits per heavy atom. The van der Waals surface area contributed by atoms with Crippen LogP contribution in [0.25, 0.3) is 0 Å². The molecule has 3 aromatic rings. The standard InChI is InChI=1S/C14H11ClF2N6O/c15-10-3-1-2-9(6-10)7-22-8-18-14(21-22)20-12(24)11-4-5-19-23(11)13(16)17/h1-6,8,13H,7H2,(H,20,21,24). The molecule has 0 saturated heterocycles. The quantitative estimate of drug-likeness (QED) is 0.766. The van der Waals surface area contributed by atoms with Crippen LogP contribution >= 0.6 is 11.6 Å². The van der Waals surface area contributed by atoms with Gasteiger partial charge in [-0.05, 0) is 23.8 Å². The van der Waals surface area contributed by atoms with E-state index >= 15 is 0 Å². The van der Waals surface area contributed by atoms with Crippen LogP contribution in [0.1, 0.15) is 22.6 Å². The first-order chi connectivity index (χ1) is 11.5. The van der Waals surface area contributed by atoms with Crippen molar-refractivity contribution in [2.24, 2.45) is 0 Å². The molecule has 0 radical (unpaired) electrons. The van der Waals surface area contributed by atoms with E-state index in [0.29, 0.717) is 16.2 Å². The van der Waals surface area contributed by atoms with E-state index in [4.69, 9.17) is 11.6 Å². The Balaban J connectivity index is 1.69. The molecule has 7 nitrogen and oxygen atoms in total. The molecule has 2 heterocycles. The molecule has 10 heteroatoms. The molecule has 24 heavy (non-hydrogen) atoms. The van der Waals surface area contributed by atoms with Crippen molar-refractivity contribution in [1.29, 1.82) is 0 Å². The van der Waals surface area contributed by atoms with Gasteiger partial charge in [-0.25, -0.2) is 9.67 Å². The maximum Gasteiger partial charge on any atom is 0.333 e. The van der Waals surface area contributed by atoms with Gasteiger partial charge in [0.2, 0.25) is 5.95 Å². The Labute approximate surface area is 139 Å². The third kappa shape index (κ3) is 3.57. The smallest absolute Gasteiger partial charge is 0.288 e. The van der Waals surface area contributed by atoms with E-state index in [9.17, 15) is 13.6 Å². The number of carbonyl (C=O) groups excluding carboxylic acids is 1. The van der Waals surface area contributed by atoms with Gasteiger partial charge in [0.1, 0.15) is 12.0 Å². The van der Waals surface area contributed by atoms with Crippen molar-refractivity contribution in [3.8, 4) is 0 Å². The number of nitrogens with zero attached hydrogens (tertiary/aromatic N) is 5. The number of rotatable bonds is 5. The molecular formula is C14H11ClF2N6O. The third-order valence-electron chi connectivity index (χ3n) is 3.08. The van der Waals surface area contributed by atoms with Gasteiger partial charge >= 0.3 is 6.55 Å². The maximum absolute atomic E-state index is 12.7. The van der Waals surface area contributed by atoms with Gasteiger partial charge in [-0.15, -0.1) is 5.10 Å². The van der Waals surface area contributed by atoms with E-state index < -0.39 is 12.5 Å². The van der Waals surface area contributed by atoms with Gasteiger partial charge in [0.15, 0.2) is 0 Å². The monoisotopic (exact) mass is 352 g/mol. The van der Waals surface area contributed by atoms with Gasteiger partial charge in [0.25, 0.3) is 5.91 Å². The van der Waals surface area contributed by atoms with E-state index in [1.165, 1.54) is 17.1 Å². The molecule has 0 bridgehead atoms. The zero-order valence-corrected chi connectivity index (χ0v) is 12.9. The molecule has 0 aliphatic rings. The van der Waals surface area contributed by atoms with Crippen molar-refractivity contribution < 1.29 is 13.6 Å². The zero-order valence-electron chi connectivity index (χ0n) is 12.1. The number of aromatic nitrogens is 5. The zero-order chi connectivity index (χ0) is 17.1. The lowest BCUT2D eigenvalue weighted by atomic mass is 10.2. The molecule has 0 saturated carbocycles. The highest BCUT2D eigenvalue weighted by Gasteiger charge is 2.19. The van der Waals surface area contributed by atoms with Crippen molar-refractivity contribution in [3.63, 3.8) is 0 Å². The molecule has 124 valence electrons. The summed E-state index contributed by atoms with van der Waals surface area (Å²) in [5.41, 5.74) is 0.622.